The Bertz CT molecular complexity index is 687. The van der Waals surface area contributed by atoms with E-state index in [-0.39, 0.29) is 19.0 Å². The van der Waals surface area contributed by atoms with E-state index in [2.05, 4.69) is 15.9 Å². The molecule has 0 aliphatic carbocycles. The van der Waals surface area contributed by atoms with E-state index in [1.54, 1.807) is 36.4 Å². The summed E-state index contributed by atoms with van der Waals surface area (Å²) in [4.78, 5) is 23.4. The summed E-state index contributed by atoms with van der Waals surface area (Å²) in [5.41, 5.74) is 0.396. The predicted octanol–water partition coefficient (Wildman–Crippen LogP) is 3.91. The molecule has 0 radical (unpaired) electrons. The lowest BCUT2D eigenvalue weighted by Crippen LogP contribution is -2.19. The van der Waals surface area contributed by atoms with E-state index in [1.165, 1.54) is 6.07 Å². The molecule has 0 unspecified atom stereocenters. The minimum atomic E-state index is -0.615. The standard InChI is InChI=1S/C16H12BrClO4/c17-12-4-2-6-14(8-12)21-10-16(20)22-9-15(19)11-3-1-5-13(18)7-11/h1-8H,9-10H2. The maximum absolute atomic E-state index is 11.8. The number of carbonyl (C=O) groups excluding carboxylic acids is 2. The Morgan fingerprint density at radius 1 is 1.05 bits per heavy atom. The summed E-state index contributed by atoms with van der Waals surface area (Å²) < 4.78 is 11.0. The van der Waals surface area contributed by atoms with Crippen molar-refractivity contribution in [1.29, 1.82) is 0 Å². The fourth-order valence-corrected chi connectivity index (χ4v) is 2.20. The van der Waals surface area contributed by atoms with Gasteiger partial charge in [0, 0.05) is 15.1 Å². The normalized spacial score (nSPS) is 10.1. The van der Waals surface area contributed by atoms with Crippen molar-refractivity contribution >= 4 is 39.3 Å². The number of ketones is 1. The van der Waals surface area contributed by atoms with Gasteiger partial charge in [-0.1, -0.05) is 45.7 Å². The van der Waals surface area contributed by atoms with Gasteiger partial charge in [0.2, 0.25) is 0 Å². The smallest absolute Gasteiger partial charge is 0.344 e. The van der Waals surface area contributed by atoms with Crippen molar-refractivity contribution in [2.75, 3.05) is 13.2 Å². The van der Waals surface area contributed by atoms with Crippen LogP contribution < -0.4 is 4.74 Å². The molecule has 0 heterocycles. The minimum absolute atomic E-state index is 0.265. The van der Waals surface area contributed by atoms with Gasteiger partial charge >= 0.3 is 5.97 Å². The topological polar surface area (TPSA) is 52.6 Å². The summed E-state index contributed by atoms with van der Waals surface area (Å²) in [6.07, 6.45) is 0. The third-order valence-corrected chi connectivity index (χ3v) is 3.39. The highest BCUT2D eigenvalue weighted by Crippen LogP contribution is 2.17. The van der Waals surface area contributed by atoms with Crippen LogP contribution in [0.1, 0.15) is 10.4 Å². The third-order valence-electron chi connectivity index (χ3n) is 2.66. The zero-order valence-corrected chi connectivity index (χ0v) is 13.8. The molecule has 114 valence electrons. The first kappa shape index (κ1) is 16.5. The molecule has 0 aliphatic heterocycles. The number of ether oxygens (including phenoxy) is 2. The Hall–Kier alpha value is -1.85. The minimum Gasteiger partial charge on any atom is -0.482 e. The van der Waals surface area contributed by atoms with Crippen molar-refractivity contribution in [3.63, 3.8) is 0 Å². The molecule has 0 spiro atoms. The van der Waals surface area contributed by atoms with Crippen molar-refractivity contribution in [3.8, 4) is 5.75 Å². The highest BCUT2D eigenvalue weighted by atomic mass is 79.9. The van der Waals surface area contributed by atoms with E-state index >= 15 is 0 Å². The second-order valence-corrected chi connectivity index (χ2v) is 5.69. The molecule has 6 heteroatoms. The van der Waals surface area contributed by atoms with Crippen molar-refractivity contribution < 1.29 is 19.1 Å². The quantitative estimate of drug-likeness (QED) is 0.561. The summed E-state index contributed by atoms with van der Waals surface area (Å²) in [7, 11) is 0. The fraction of sp³-hybridized carbons (Fsp3) is 0.125. The lowest BCUT2D eigenvalue weighted by atomic mass is 10.1. The van der Waals surface area contributed by atoms with Crippen molar-refractivity contribution in [1.82, 2.24) is 0 Å². The van der Waals surface area contributed by atoms with Crippen LogP contribution in [0.2, 0.25) is 5.02 Å². The number of benzene rings is 2. The molecule has 0 bridgehead atoms. The van der Waals surface area contributed by atoms with Crippen LogP contribution in [0.5, 0.6) is 5.75 Å². The molecule has 0 fully saturated rings. The molecule has 0 atom stereocenters. The summed E-state index contributed by atoms with van der Waals surface area (Å²) in [6, 6.07) is 13.5. The summed E-state index contributed by atoms with van der Waals surface area (Å²) in [6.45, 7) is -0.611. The van der Waals surface area contributed by atoms with Gasteiger partial charge in [0.1, 0.15) is 5.75 Å². The average molecular weight is 384 g/mol. The number of Topliss-reactive ketones (excluding diaryl/α,β-unsaturated/α-hetero) is 1. The number of esters is 1. The molecule has 0 saturated carbocycles. The molecule has 2 aromatic rings. The van der Waals surface area contributed by atoms with Crippen LogP contribution in [0.4, 0.5) is 0 Å². The molecule has 0 N–H and O–H groups in total. The Kier molecular flexibility index (Phi) is 5.98. The largest absolute Gasteiger partial charge is 0.482 e. The van der Waals surface area contributed by atoms with Gasteiger partial charge in [0.25, 0.3) is 0 Å². The van der Waals surface area contributed by atoms with E-state index in [4.69, 9.17) is 21.1 Å². The third kappa shape index (κ3) is 5.16. The second-order valence-electron chi connectivity index (χ2n) is 4.34. The molecule has 0 amide bonds. The molecular weight excluding hydrogens is 372 g/mol. The molecule has 0 saturated heterocycles. The van der Waals surface area contributed by atoms with Gasteiger partial charge in [-0.05, 0) is 30.3 Å². The second kappa shape index (κ2) is 7.96. The van der Waals surface area contributed by atoms with Crippen LogP contribution in [0.25, 0.3) is 0 Å². The highest BCUT2D eigenvalue weighted by molar-refractivity contribution is 9.10. The van der Waals surface area contributed by atoms with Gasteiger partial charge in [0.05, 0.1) is 0 Å². The molecular formula is C16H12BrClO4. The number of carbonyl (C=O) groups is 2. The molecule has 22 heavy (non-hydrogen) atoms. The first-order valence-electron chi connectivity index (χ1n) is 6.37. The van der Waals surface area contributed by atoms with Gasteiger partial charge in [-0.3, -0.25) is 4.79 Å². The molecule has 2 aromatic carbocycles. The SMILES string of the molecule is O=C(COc1cccc(Br)c1)OCC(=O)c1cccc(Cl)c1. The molecule has 2 rings (SSSR count). The van der Waals surface area contributed by atoms with Crippen LogP contribution in [0, 0.1) is 0 Å². The lowest BCUT2D eigenvalue weighted by Gasteiger charge is -2.07. The first-order chi connectivity index (χ1) is 10.5. The molecule has 4 nitrogen and oxygen atoms in total. The Morgan fingerprint density at radius 2 is 1.82 bits per heavy atom. The number of rotatable bonds is 6. The fourth-order valence-electron chi connectivity index (χ4n) is 1.63. The van der Waals surface area contributed by atoms with E-state index < -0.39 is 5.97 Å². The number of halogens is 2. The molecule has 0 aromatic heterocycles. The Labute approximate surface area is 141 Å². The van der Waals surface area contributed by atoms with Crippen molar-refractivity contribution in [2.45, 2.75) is 0 Å². The van der Waals surface area contributed by atoms with Crippen LogP contribution >= 0.6 is 27.5 Å². The number of hydrogen-bond donors (Lipinski definition) is 0. The van der Waals surface area contributed by atoms with Gasteiger partial charge in [-0.25, -0.2) is 4.79 Å². The van der Waals surface area contributed by atoms with Gasteiger partial charge in [-0.15, -0.1) is 0 Å². The van der Waals surface area contributed by atoms with E-state index in [1.807, 2.05) is 6.07 Å². The highest BCUT2D eigenvalue weighted by Gasteiger charge is 2.11. The number of hydrogen-bond acceptors (Lipinski definition) is 4. The van der Waals surface area contributed by atoms with E-state index in [0.29, 0.717) is 16.3 Å². The Morgan fingerprint density at radius 3 is 2.55 bits per heavy atom. The van der Waals surface area contributed by atoms with Crippen LogP contribution in [0.3, 0.4) is 0 Å². The summed E-state index contributed by atoms with van der Waals surface area (Å²) in [5.74, 6) is -0.402. The molecule has 0 aliphatic rings. The van der Waals surface area contributed by atoms with Gasteiger partial charge in [0.15, 0.2) is 19.0 Å². The average Bonchev–Trinajstić information content (AvgIpc) is 2.50. The summed E-state index contributed by atoms with van der Waals surface area (Å²) in [5, 5.41) is 0.454. The van der Waals surface area contributed by atoms with E-state index in [0.717, 1.165) is 4.47 Å². The van der Waals surface area contributed by atoms with Crippen LogP contribution in [-0.2, 0) is 9.53 Å². The maximum atomic E-state index is 11.8. The van der Waals surface area contributed by atoms with Crippen LogP contribution in [-0.4, -0.2) is 25.0 Å². The van der Waals surface area contributed by atoms with Gasteiger partial charge in [-0.2, -0.15) is 0 Å². The van der Waals surface area contributed by atoms with Crippen molar-refractivity contribution in [3.05, 3.63) is 63.6 Å². The van der Waals surface area contributed by atoms with Crippen LogP contribution in [0.15, 0.2) is 53.0 Å². The summed E-state index contributed by atoms with van der Waals surface area (Å²) >= 11 is 9.10. The van der Waals surface area contributed by atoms with E-state index in [9.17, 15) is 9.59 Å². The predicted molar refractivity (Wildman–Crippen MR) is 86.4 cm³/mol. The zero-order chi connectivity index (χ0) is 15.9. The van der Waals surface area contributed by atoms with Crippen molar-refractivity contribution in [2.24, 2.45) is 0 Å². The first-order valence-corrected chi connectivity index (χ1v) is 7.54. The Balaban J connectivity index is 1.79. The van der Waals surface area contributed by atoms with Gasteiger partial charge < -0.3 is 9.47 Å². The maximum Gasteiger partial charge on any atom is 0.344 e. The lowest BCUT2D eigenvalue weighted by molar-refractivity contribution is -0.144. The monoisotopic (exact) mass is 382 g/mol. The zero-order valence-electron chi connectivity index (χ0n) is 11.4.